The molecule has 0 fully saturated rings. The summed E-state index contributed by atoms with van der Waals surface area (Å²) in [6.45, 7) is 17.4. The first-order valence-electron chi connectivity index (χ1n) is 10.8. The Bertz CT molecular complexity index is 1360. The second-order valence-electron chi connectivity index (χ2n) is 8.72. The van der Waals surface area contributed by atoms with Crippen LogP contribution in [0.4, 0.5) is 0 Å². The Hall–Kier alpha value is -3.93. The third-order valence-corrected chi connectivity index (χ3v) is 5.17. The number of ether oxygens (including phenoxy) is 2. The van der Waals surface area contributed by atoms with Crippen LogP contribution in [0, 0.1) is 0 Å². The summed E-state index contributed by atoms with van der Waals surface area (Å²) in [5.74, 6) is 0.671. The number of fused-ring (bicyclic) bond motifs is 1. The quantitative estimate of drug-likeness (QED) is 0.375. The summed E-state index contributed by atoms with van der Waals surface area (Å²) in [6.07, 6.45) is 0.591. The molecule has 6 heteroatoms. The van der Waals surface area contributed by atoms with Crippen molar-refractivity contribution >= 4 is 11.0 Å². The number of phenolic OH excluding ortho intramolecular Hbond substituents is 2. The average Bonchev–Trinajstić information content (AvgIpc) is 2.74. The van der Waals surface area contributed by atoms with Crippen LogP contribution in [0.25, 0.3) is 22.3 Å². The number of hydrogen-bond donors (Lipinski definition) is 2. The molecule has 6 nitrogen and oxygen atoms in total. The average molecular weight is 463 g/mol. The number of hydrogen-bond acceptors (Lipinski definition) is 6. The zero-order valence-electron chi connectivity index (χ0n) is 20.1. The van der Waals surface area contributed by atoms with Crippen LogP contribution in [0.3, 0.4) is 0 Å². The summed E-state index contributed by atoms with van der Waals surface area (Å²) in [4.78, 5) is 13.9. The summed E-state index contributed by atoms with van der Waals surface area (Å²) in [6, 6.07) is 6.17. The van der Waals surface area contributed by atoms with Crippen LogP contribution in [0.15, 0.2) is 69.9 Å². The first-order chi connectivity index (χ1) is 16.0. The molecule has 0 atom stereocenters. The van der Waals surface area contributed by atoms with E-state index in [1.807, 2.05) is 20.8 Å². The lowest BCUT2D eigenvalue weighted by molar-refractivity contribution is 0.349. The molecule has 2 N–H and O–H groups in total. The smallest absolute Gasteiger partial charge is 0.200 e. The molecule has 0 unspecified atom stereocenters. The van der Waals surface area contributed by atoms with E-state index in [9.17, 15) is 15.0 Å². The van der Waals surface area contributed by atoms with Crippen LogP contribution in [-0.2, 0) is 12.8 Å². The van der Waals surface area contributed by atoms with Gasteiger partial charge in [0.2, 0.25) is 5.43 Å². The minimum Gasteiger partial charge on any atom is -0.507 e. The predicted octanol–water partition coefficient (Wildman–Crippen LogP) is 6.07. The molecular formula is C28H30O6. The first kappa shape index (κ1) is 24.7. The van der Waals surface area contributed by atoms with Gasteiger partial charge in [-0.1, -0.05) is 30.9 Å². The van der Waals surface area contributed by atoms with Crippen LogP contribution >= 0.6 is 0 Å². The fraction of sp³-hybridized carbons (Fsp3) is 0.250. The second-order valence-corrected chi connectivity index (χ2v) is 8.72. The summed E-state index contributed by atoms with van der Waals surface area (Å²) < 4.78 is 17.3. The minimum absolute atomic E-state index is 0.0634. The molecule has 0 saturated carbocycles. The lowest BCUT2D eigenvalue weighted by atomic mass is 9.96. The van der Waals surface area contributed by atoms with E-state index < -0.39 is 0 Å². The van der Waals surface area contributed by atoms with Gasteiger partial charge < -0.3 is 24.1 Å². The van der Waals surface area contributed by atoms with E-state index in [1.54, 1.807) is 12.1 Å². The molecule has 0 spiro atoms. The highest BCUT2D eigenvalue weighted by atomic mass is 16.5. The van der Waals surface area contributed by atoms with E-state index in [0.717, 1.165) is 16.7 Å². The SMILES string of the molecule is C=C(C)COc1c(CC(=C)C)c(O)cc2oc(-c3ccc(OC)c(O)c3)c(CC(=C)C)c(=O)c12. The van der Waals surface area contributed by atoms with Crippen molar-refractivity contribution in [1.82, 2.24) is 0 Å². The van der Waals surface area contributed by atoms with Crippen molar-refractivity contribution in [3.05, 3.63) is 82.1 Å². The van der Waals surface area contributed by atoms with E-state index in [4.69, 9.17) is 13.9 Å². The molecule has 34 heavy (non-hydrogen) atoms. The van der Waals surface area contributed by atoms with Gasteiger partial charge in [-0.2, -0.15) is 0 Å². The largest absolute Gasteiger partial charge is 0.507 e. The van der Waals surface area contributed by atoms with Gasteiger partial charge in [-0.3, -0.25) is 4.79 Å². The number of rotatable bonds is 9. The summed E-state index contributed by atoms with van der Waals surface area (Å²) >= 11 is 0. The lowest BCUT2D eigenvalue weighted by Crippen LogP contribution is -2.14. The Labute approximate surface area is 199 Å². The normalized spacial score (nSPS) is 10.8. The number of methoxy groups -OCH3 is 1. The van der Waals surface area contributed by atoms with Crippen molar-refractivity contribution in [3.8, 4) is 34.3 Å². The van der Waals surface area contributed by atoms with Gasteiger partial charge in [-0.15, -0.1) is 0 Å². The Morgan fingerprint density at radius 2 is 1.59 bits per heavy atom. The van der Waals surface area contributed by atoms with Crippen molar-refractivity contribution < 1.29 is 24.1 Å². The molecule has 0 bridgehead atoms. The summed E-state index contributed by atoms with van der Waals surface area (Å²) in [7, 11) is 1.45. The molecule has 2 aromatic carbocycles. The van der Waals surface area contributed by atoms with Crippen LogP contribution in [0.5, 0.6) is 23.0 Å². The van der Waals surface area contributed by atoms with Gasteiger partial charge in [0.15, 0.2) is 11.5 Å². The molecular weight excluding hydrogens is 432 g/mol. The van der Waals surface area contributed by atoms with E-state index in [0.29, 0.717) is 28.9 Å². The number of allylic oxidation sites excluding steroid dienone is 2. The van der Waals surface area contributed by atoms with Crippen molar-refractivity contribution in [2.24, 2.45) is 0 Å². The molecule has 0 aliphatic carbocycles. The maximum Gasteiger partial charge on any atom is 0.200 e. The van der Waals surface area contributed by atoms with E-state index in [-0.39, 0.29) is 52.4 Å². The van der Waals surface area contributed by atoms with Crippen LogP contribution in [-0.4, -0.2) is 23.9 Å². The van der Waals surface area contributed by atoms with Crippen LogP contribution in [0.1, 0.15) is 31.9 Å². The first-order valence-corrected chi connectivity index (χ1v) is 10.8. The Morgan fingerprint density at radius 1 is 0.941 bits per heavy atom. The molecule has 1 aromatic heterocycles. The molecule has 178 valence electrons. The van der Waals surface area contributed by atoms with Gasteiger partial charge in [-0.25, -0.2) is 0 Å². The molecule has 0 saturated heterocycles. The lowest BCUT2D eigenvalue weighted by Gasteiger charge is -2.18. The summed E-state index contributed by atoms with van der Waals surface area (Å²) in [5.41, 5.74) is 3.51. The molecule has 1 heterocycles. The van der Waals surface area contributed by atoms with Gasteiger partial charge >= 0.3 is 0 Å². The van der Waals surface area contributed by atoms with Gasteiger partial charge in [0.05, 0.1) is 7.11 Å². The van der Waals surface area contributed by atoms with E-state index >= 15 is 0 Å². The number of aromatic hydroxyl groups is 2. The third-order valence-electron chi connectivity index (χ3n) is 5.17. The molecule has 3 rings (SSSR count). The molecule has 3 aromatic rings. The van der Waals surface area contributed by atoms with E-state index in [2.05, 4.69) is 19.7 Å². The van der Waals surface area contributed by atoms with Gasteiger partial charge in [-0.05, 0) is 44.5 Å². The third kappa shape index (κ3) is 5.01. The Balaban J connectivity index is 2.41. The predicted molar refractivity (Wildman–Crippen MR) is 135 cm³/mol. The molecule has 0 aliphatic rings. The highest BCUT2D eigenvalue weighted by molar-refractivity contribution is 5.89. The van der Waals surface area contributed by atoms with Crippen LogP contribution < -0.4 is 14.9 Å². The Morgan fingerprint density at radius 3 is 2.15 bits per heavy atom. The number of phenols is 2. The Kier molecular flexibility index (Phi) is 7.20. The minimum atomic E-state index is -0.297. The fourth-order valence-electron chi connectivity index (χ4n) is 3.74. The van der Waals surface area contributed by atoms with Crippen molar-refractivity contribution in [2.75, 3.05) is 13.7 Å². The van der Waals surface area contributed by atoms with Gasteiger partial charge in [0.25, 0.3) is 0 Å². The highest BCUT2D eigenvalue weighted by Gasteiger charge is 2.24. The zero-order valence-corrected chi connectivity index (χ0v) is 20.1. The standard InChI is InChI=1S/C28H30O6/c1-15(2)10-19-21(29)13-24-25(28(19)33-14-17(5)6)26(31)20(11-16(3)4)27(34-24)18-8-9-23(32-7)22(30)12-18/h8-9,12-13,29-30H,1,3,5,10-11,14H2,2,4,6-7H3. The number of benzene rings is 2. The monoisotopic (exact) mass is 462 g/mol. The molecule has 0 radical (unpaired) electrons. The van der Waals surface area contributed by atoms with E-state index in [1.165, 1.54) is 19.2 Å². The van der Waals surface area contributed by atoms with Crippen LogP contribution in [0.2, 0.25) is 0 Å². The highest BCUT2D eigenvalue weighted by Crippen LogP contribution is 2.40. The maximum atomic E-state index is 13.9. The van der Waals surface area contributed by atoms with Crippen molar-refractivity contribution in [1.29, 1.82) is 0 Å². The summed E-state index contributed by atoms with van der Waals surface area (Å²) in [5, 5.41) is 21.3. The van der Waals surface area contributed by atoms with Gasteiger partial charge in [0.1, 0.15) is 34.8 Å². The van der Waals surface area contributed by atoms with Crippen molar-refractivity contribution in [3.63, 3.8) is 0 Å². The topological polar surface area (TPSA) is 89.1 Å². The van der Waals surface area contributed by atoms with Gasteiger partial charge in [0, 0.05) is 35.6 Å². The fourth-order valence-corrected chi connectivity index (χ4v) is 3.74. The second kappa shape index (κ2) is 9.91. The molecule has 0 aliphatic heterocycles. The zero-order chi connectivity index (χ0) is 25.2. The molecule has 0 amide bonds. The maximum absolute atomic E-state index is 13.9. The van der Waals surface area contributed by atoms with Crippen molar-refractivity contribution in [2.45, 2.75) is 33.6 Å².